The van der Waals surface area contributed by atoms with Crippen LogP contribution in [0.2, 0.25) is 0 Å². The third-order valence-electron chi connectivity index (χ3n) is 6.74. The van der Waals surface area contributed by atoms with E-state index >= 15 is 0 Å². The molecule has 1 aliphatic heterocycles. The molecule has 4 aromatic rings. The van der Waals surface area contributed by atoms with Gasteiger partial charge < -0.3 is 14.4 Å². The van der Waals surface area contributed by atoms with Crippen LogP contribution in [0.3, 0.4) is 0 Å². The fourth-order valence-corrected chi connectivity index (χ4v) is 6.12. The molecule has 0 N–H and O–H groups in total. The van der Waals surface area contributed by atoms with Gasteiger partial charge in [0.2, 0.25) is 0 Å². The van der Waals surface area contributed by atoms with E-state index in [1.54, 1.807) is 18.4 Å². The van der Waals surface area contributed by atoms with E-state index in [-0.39, 0.29) is 12.2 Å². The van der Waals surface area contributed by atoms with Crippen molar-refractivity contribution in [3.05, 3.63) is 125 Å². The van der Waals surface area contributed by atoms with Crippen LogP contribution in [0, 0.1) is 0 Å². The Kier molecular flexibility index (Phi) is 8.56. The summed E-state index contributed by atoms with van der Waals surface area (Å²) < 4.78 is 14.5. The number of hydrogen-bond donors (Lipinski definition) is 0. The quantitative estimate of drug-likeness (QED) is 0.250. The van der Waals surface area contributed by atoms with Crippen molar-refractivity contribution in [1.29, 1.82) is 0 Å². The van der Waals surface area contributed by atoms with Gasteiger partial charge in [-0.1, -0.05) is 69.7 Å². The van der Waals surface area contributed by atoms with Crippen LogP contribution in [0.15, 0.2) is 98.3 Å². The van der Waals surface area contributed by atoms with Crippen LogP contribution in [-0.4, -0.2) is 31.2 Å². The summed E-state index contributed by atoms with van der Waals surface area (Å²) >= 11 is 4.83. The summed E-state index contributed by atoms with van der Waals surface area (Å²) in [4.78, 5) is 34.4. The maximum atomic E-state index is 14.0. The van der Waals surface area contributed by atoms with Crippen LogP contribution in [-0.2, 0) is 16.1 Å². The van der Waals surface area contributed by atoms with Crippen LogP contribution in [0.25, 0.3) is 6.08 Å². The minimum absolute atomic E-state index is 0.223. The average molecular weight is 633 g/mol. The van der Waals surface area contributed by atoms with Gasteiger partial charge in [-0.3, -0.25) is 9.36 Å². The zero-order valence-electron chi connectivity index (χ0n) is 23.3. The van der Waals surface area contributed by atoms with E-state index in [1.165, 1.54) is 11.3 Å². The molecule has 1 atom stereocenters. The molecule has 0 amide bonds. The fourth-order valence-electron chi connectivity index (χ4n) is 4.70. The standard InChI is InChI=1S/C32H30BrN3O4S/c1-5-39-31(38)28-20(2)34-32-36(29(28)22-11-14-25(15-12-22)35(3)4)30(37)27(41-32)18-23-17-24(33)13-16-26(23)40-19-21-9-7-6-8-10-21/h6-18,29H,5,19H2,1-4H3/b27-18+/t29-/m0/s1. The minimum atomic E-state index is -0.667. The number of benzene rings is 3. The molecule has 9 heteroatoms. The maximum Gasteiger partial charge on any atom is 0.338 e. The number of allylic oxidation sites excluding steroid dienone is 1. The number of thiazole rings is 1. The lowest BCUT2D eigenvalue weighted by atomic mass is 9.95. The van der Waals surface area contributed by atoms with Crippen LogP contribution in [0.1, 0.15) is 36.6 Å². The van der Waals surface area contributed by atoms with Crippen molar-refractivity contribution < 1.29 is 14.3 Å². The molecule has 210 valence electrons. The molecule has 0 aliphatic carbocycles. The number of carbonyl (C=O) groups excluding carboxylic acids is 1. The Bertz CT molecular complexity index is 1790. The summed E-state index contributed by atoms with van der Waals surface area (Å²) in [6.45, 7) is 4.17. The first kappa shape index (κ1) is 28.6. The molecular weight excluding hydrogens is 602 g/mol. The number of anilines is 1. The minimum Gasteiger partial charge on any atom is -0.488 e. The number of halogens is 1. The highest BCUT2D eigenvalue weighted by atomic mass is 79.9. The molecule has 0 unspecified atom stereocenters. The zero-order chi connectivity index (χ0) is 29.1. The van der Waals surface area contributed by atoms with Gasteiger partial charge in [0, 0.05) is 29.8 Å². The molecule has 2 heterocycles. The molecule has 0 spiro atoms. The lowest BCUT2D eigenvalue weighted by molar-refractivity contribution is -0.139. The van der Waals surface area contributed by atoms with Crippen molar-refractivity contribution in [3.8, 4) is 5.75 Å². The van der Waals surface area contributed by atoms with Gasteiger partial charge in [0.15, 0.2) is 4.80 Å². The second-order valence-electron chi connectivity index (χ2n) is 9.74. The second-order valence-corrected chi connectivity index (χ2v) is 11.7. The Morgan fingerprint density at radius 1 is 1.10 bits per heavy atom. The number of rotatable bonds is 8. The fraction of sp³-hybridized carbons (Fsp3) is 0.219. The van der Waals surface area contributed by atoms with Gasteiger partial charge in [-0.25, -0.2) is 9.79 Å². The van der Waals surface area contributed by atoms with Crippen molar-refractivity contribution in [2.24, 2.45) is 4.99 Å². The van der Waals surface area contributed by atoms with Crippen molar-refractivity contribution in [2.45, 2.75) is 26.5 Å². The lowest BCUT2D eigenvalue weighted by Gasteiger charge is -2.25. The molecule has 7 nitrogen and oxygen atoms in total. The van der Waals surface area contributed by atoms with Gasteiger partial charge in [-0.05, 0) is 61.4 Å². The molecule has 1 aliphatic rings. The van der Waals surface area contributed by atoms with Gasteiger partial charge >= 0.3 is 5.97 Å². The Hall–Kier alpha value is -3.95. The Morgan fingerprint density at radius 2 is 1.83 bits per heavy atom. The monoisotopic (exact) mass is 631 g/mol. The highest BCUT2D eigenvalue weighted by molar-refractivity contribution is 9.10. The summed E-state index contributed by atoms with van der Waals surface area (Å²) in [5.74, 6) is 0.176. The summed E-state index contributed by atoms with van der Waals surface area (Å²) in [7, 11) is 3.93. The van der Waals surface area contributed by atoms with Gasteiger partial charge in [0.05, 0.1) is 28.5 Å². The van der Waals surface area contributed by atoms with Crippen LogP contribution >= 0.6 is 27.3 Å². The molecule has 0 fully saturated rings. The number of hydrogen-bond acceptors (Lipinski definition) is 7. The summed E-state index contributed by atoms with van der Waals surface area (Å²) in [6, 6.07) is 22.8. The molecule has 0 bridgehead atoms. The van der Waals surface area contributed by atoms with Crippen LogP contribution in [0.5, 0.6) is 5.75 Å². The maximum absolute atomic E-state index is 14.0. The van der Waals surface area contributed by atoms with E-state index in [9.17, 15) is 9.59 Å². The topological polar surface area (TPSA) is 73.1 Å². The van der Waals surface area contributed by atoms with Crippen molar-refractivity contribution in [3.63, 3.8) is 0 Å². The van der Waals surface area contributed by atoms with Gasteiger partial charge in [0.25, 0.3) is 5.56 Å². The smallest absolute Gasteiger partial charge is 0.338 e. The second kappa shape index (κ2) is 12.3. The van der Waals surface area contributed by atoms with Gasteiger partial charge in [0.1, 0.15) is 12.4 Å². The number of carbonyl (C=O) groups is 1. The molecule has 3 aromatic carbocycles. The van der Waals surface area contributed by atoms with E-state index in [0.29, 0.717) is 33.0 Å². The first-order valence-corrected chi connectivity index (χ1v) is 14.8. The van der Waals surface area contributed by atoms with Gasteiger partial charge in [-0.2, -0.15) is 0 Å². The number of fused-ring (bicyclic) bond motifs is 1. The predicted molar refractivity (Wildman–Crippen MR) is 166 cm³/mol. The summed E-state index contributed by atoms with van der Waals surface area (Å²) in [6.07, 6.45) is 1.82. The van der Waals surface area contributed by atoms with Crippen molar-refractivity contribution in [2.75, 3.05) is 25.6 Å². The number of esters is 1. The van der Waals surface area contributed by atoms with E-state index in [0.717, 1.165) is 26.9 Å². The highest BCUT2D eigenvalue weighted by Gasteiger charge is 2.33. The van der Waals surface area contributed by atoms with Crippen molar-refractivity contribution in [1.82, 2.24) is 4.57 Å². The van der Waals surface area contributed by atoms with E-state index in [2.05, 4.69) is 20.9 Å². The Labute approximate surface area is 250 Å². The third kappa shape index (κ3) is 6.06. The molecule has 41 heavy (non-hydrogen) atoms. The highest BCUT2D eigenvalue weighted by Crippen LogP contribution is 2.32. The number of ether oxygens (including phenoxy) is 2. The number of nitrogens with zero attached hydrogens (tertiary/aromatic N) is 3. The molecule has 0 saturated carbocycles. The summed E-state index contributed by atoms with van der Waals surface area (Å²) in [5.41, 5.74) is 4.27. The molecule has 0 radical (unpaired) electrons. The average Bonchev–Trinajstić information content (AvgIpc) is 3.26. The number of aromatic nitrogens is 1. The van der Waals surface area contributed by atoms with Crippen LogP contribution in [0.4, 0.5) is 5.69 Å². The first-order chi connectivity index (χ1) is 19.8. The Balaban J connectivity index is 1.63. The lowest BCUT2D eigenvalue weighted by Crippen LogP contribution is -2.40. The van der Waals surface area contributed by atoms with E-state index < -0.39 is 12.0 Å². The van der Waals surface area contributed by atoms with Crippen LogP contribution < -0.4 is 24.5 Å². The first-order valence-electron chi connectivity index (χ1n) is 13.2. The largest absolute Gasteiger partial charge is 0.488 e. The SMILES string of the molecule is CCOC(=O)C1=C(C)N=c2s/c(=C/c3cc(Br)ccc3OCc3ccccc3)c(=O)n2[C@H]1c1ccc(N(C)C)cc1. The van der Waals surface area contributed by atoms with E-state index in [1.807, 2.05) is 97.9 Å². The van der Waals surface area contributed by atoms with Gasteiger partial charge in [-0.15, -0.1) is 0 Å². The zero-order valence-corrected chi connectivity index (χ0v) is 25.7. The normalized spacial score (nSPS) is 14.9. The summed E-state index contributed by atoms with van der Waals surface area (Å²) in [5, 5.41) is 0. The molecule has 0 saturated heterocycles. The van der Waals surface area contributed by atoms with E-state index in [4.69, 9.17) is 9.47 Å². The predicted octanol–water partition coefficient (Wildman–Crippen LogP) is 5.21. The molecular formula is C32H30BrN3O4S. The van der Waals surface area contributed by atoms with Crippen molar-refractivity contribution >= 4 is 45.0 Å². The molecule has 1 aromatic heterocycles. The third-order valence-corrected chi connectivity index (χ3v) is 8.21. The Morgan fingerprint density at radius 3 is 2.51 bits per heavy atom. The molecule has 5 rings (SSSR count).